The molecule has 1 aliphatic heterocycles. The van der Waals surface area contributed by atoms with Crippen LogP contribution in [0.1, 0.15) is 31.0 Å². The van der Waals surface area contributed by atoms with Crippen LogP contribution in [0, 0.1) is 0 Å². The summed E-state index contributed by atoms with van der Waals surface area (Å²) in [6.07, 6.45) is 1.53. The molecule has 1 saturated heterocycles. The van der Waals surface area contributed by atoms with Gasteiger partial charge in [-0.2, -0.15) is 0 Å². The first kappa shape index (κ1) is 15.4. The molecule has 0 saturated carbocycles. The third-order valence-corrected chi connectivity index (χ3v) is 3.37. The summed E-state index contributed by atoms with van der Waals surface area (Å²) in [4.78, 5) is 8.19. The Bertz CT molecular complexity index is 579. The highest BCUT2D eigenvalue weighted by atomic mass is 16.5. The topological polar surface area (TPSA) is 106 Å². The Labute approximate surface area is 123 Å². The molecule has 2 heterocycles. The van der Waals surface area contributed by atoms with Crippen LogP contribution in [-0.2, 0) is 4.74 Å². The second kappa shape index (κ2) is 6.21. The van der Waals surface area contributed by atoms with Gasteiger partial charge in [0, 0.05) is 12.6 Å². The molecule has 114 valence electrons. The predicted molar refractivity (Wildman–Crippen MR) is 79.5 cm³/mol. The highest BCUT2D eigenvalue weighted by molar-refractivity contribution is 5.99. The zero-order valence-electron chi connectivity index (χ0n) is 11.9. The molecule has 21 heavy (non-hydrogen) atoms. The SMILES string of the molecule is C=CN=C(N)c1ncn([C@H]2CC(O)[C@@H](CO)O2)c1C(=C)C. The average molecular weight is 292 g/mol. The number of aliphatic hydroxyl groups is 2. The normalized spacial score (nSPS) is 26.0. The Morgan fingerprint density at radius 2 is 2.43 bits per heavy atom. The third kappa shape index (κ3) is 2.90. The van der Waals surface area contributed by atoms with Crippen LogP contribution >= 0.6 is 0 Å². The van der Waals surface area contributed by atoms with Gasteiger partial charge < -0.3 is 25.3 Å². The van der Waals surface area contributed by atoms with E-state index in [9.17, 15) is 5.11 Å². The zero-order chi connectivity index (χ0) is 15.6. The van der Waals surface area contributed by atoms with Crippen LogP contribution in [0.15, 0.2) is 30.7 Å². The largest absolute Gasteiger partial charge is 0.394 e. The highest BCUT2D eigenvalue weighted by Gasteiger charge is 2.35. The van der Waals surface area contributed by atoms with Crippen LogP contribution in [0.4, 0.5) is 0 Å². The Hall–Kier alpha value is -1.96. The Balaban J connectivity index is 2.40. The molecule has 0 bridgehead atoms. The van der Waals surface area contributed by atoms with Gasteiger partial charge >= 0.3 is 0 Å². The van der Waals surface area contributed by atoms with Crippen LogP contribution in [0.25, 0.3) is 5.57 Å². The number of aromatic nitrogens is 2. The first-order valence-corrected chi connectivity index (χ1v) is 6.61. The van der Waals surface area contributed by atoms with E-state index in [0.717, 1.165) is 5.57 Å². The van der Waals surface area contributed by atoms with Crippen molar-refractivity contribution in [3.63, 3.8) is 0 Å². The number of ether oxygens (including phenoxy) is 1. The van der Waals surface area contributed by atoms with Gasteiger partial charge in [0.15, 0.2) is 5.84 Å². The molecule has 1 aromatic heterocycles. The van der Waals surface area contributed by atoms with Gasteiger partial charge in [-0.05, 0) is 12.5 Å². The van der Waals surface area contributed by atoms with Crippen molar-refractivity contribution in [2.75, 3.05) is 6.61 Å². The number of amidine groups is 1. The number of imidazole rings is 1. The lowest BCUT2D eigenvalue weighted by atomic mass is 10.1. The van der Waals surface area contributed by atoms with Gasteiger partial charge in [0.2, 0.25) is 0 Å². The zero-order valence-corrected chi connectivity index (χ0v) is 11.9. The molecule has 3 atom stereocenters. The number of aliphatic hydroxyl groups excluding tert-OH is 2. The second-order valence-electron chi connectivity index (χ2n) is 4.94. The van der Waals surface area contributed by atoms with E-state index in [0.29, 0.717) is 17.8 Å². The molecule has 1 unspecified atom stereocenters. The van der Waals surface area contributed by atoms with Gasteiger partial charge in [0.05, 0.1) is 24.7 Å². The van der Waals surface area contributed by atoms with Gasteiger partial charge in [-0.25, -0.2) is 9.98 Å². The number of nitrogens with zero attached hydrogens (tertiary/aromatic N) is 3. The molecule has 0 spiro atoms. The Morgan fingerprint density at radius 3 is 2.95 bits per heavy atom. The second-order valence-corrected chi connectivity index (χ2v) is 4.94. The Morgan fingerprint density at radius 1 is 1.71 bits per heavy atom. The maximum atomic E-state index is 9.85. The third-order valence-electron chi connectivity index (χ3n) is 3.37. The van der Waals surface area contributed by atoms with E-state index in [1.54, 1.807) is 10.9 Å². The number of hydrogen-bond acceptors (Lipinski definition) is 5. The lowest BCUT2D eigenvalue weighted by molar-refractivity contribution is -0.0446. The summed E-state index contributed by atoms with van der Waals surface area (Å²) >= 11 is 0. The lowest BCUT2D eigenvalue weighted by Crippen LogP contribution is -2.24. The minimum absolute atomic E-state index is 0.234. The first-order chi connectivity index (χ1) is 9.99. The van der Waals surface area contributed by atoms with E-state index in [1.165, 1.54) is 6.20 Å². The van der Waals surface area contributed by atoms with Crippen molar-refractivity contribution in [1.29, 1.82) is 0 Å². The molecule has 1 fully saturated rings. The maximum Gasteiger partial charge on any atom is 0.151 e. The van der Waals surface area contributed by atoms with Crippen LogP contribution in [-0.4, -0.2) is 44.4 Å². The van der Waals surface area contributed by atoms with E-state index in [2.05, 4.69) is 23.1 Å². The molecule has 2 rings (SSSR count). The maximum absolute atomic E-state index is 9.85. The summed E-state index contributed by atoms with van der Waals surface area (Å²) < 4.78 is 7.39. The number of hydrogen-bond donors (Lipinski definition) is 3. The van der Waals surface area contributed by atoms with Crippen molar-refractivity contribution in [3.05, 3.63) is 37.1 Å². The van der Waals surface area contributed by atoms with Crippen molar-refractivity contribution < 1.29 is 14.9 Å². The summed E-state index contributed by atoms with van der Waals surface area (Å²) in [7, 11) is 0. The van der Waals surface area contributed by atoms with Crippen LogP contribution in [0.3, 0.4) is 0 Å². The van der Waals surface area contributed by atoms with E-state index in [4.69, 9.17) is 15.6 Å². The van der Waals surface area contributed by atoms with Gasteiger partial charge in [-0.15, -0.1) is 0 Å². The standard InChI is InChI=1S/C14H20N4O3/c1-4-16-14(15)12-13(8(2)3)18(7-17-12)11-5-9(20)10(6-19)21-11/h4,7,9-11,19-20H,1-2,5-6H2,3H3,(H2,15,16)/t9?,10-,11-/m1/s1. The van der Waals surface area contributed by atoms with Gasteiger partial charge in [-0.3, -0.25) is 0 Å². The van der Waals surface area contributed by atoms with Gasteiger partial charge in [-0.1, -0.05) is 13.2 Å². The fraction of sp³-hybridized carbons (Fsp3) is 0.429. The van der Waals surface area contributed by atoms with Crippen molar-refractivity contribution in [1.82, 2.24) is 9.55 Å². The molecule has 4 N–H and O–H groups in total. The molecule has 1 aromatic rings. The summed E-state index contributed by atoms with van der Waals surface area (Å²) in [6, 6.07) is 0. The monoisotopic (exact) mass is 292 g/mol. The van der Waals surface area contributed by atoms with Gasteiger partial charge in [0.1, 0.15) is 18.0 Å². The van der Waals surface area contributed by atoms with E-state index >= 15 is 0 Å². The molecule has 0 radical (unpaired) electrons. The average Bonchev–Trinajstić information content (AvgIpc) is 3.01. The van der Waals surface area contributed by atoms with E-state index in [1.807, 2.05) is 6.92 Å². The quantitative estimate of drug-likeness (QED) is 0.538. The van der Waals surface area contributed by atoms with E-state index < -0.39 is 18.4 Å². The predicted octanol–water partition coefficient (Wildman–Crippen LogP) is 0.406. The smallest absolute Gasteiger partial charge is 0.151 e. The van der Waals surface area contributed by atoms with E-state index in [-0.39, 0.29) is 12.4 Å². The lowest BCUT2D eigenvalue weighted by Gasteiger charge is -2.17. The van der Waals surface area contributed by atoms with Crippen molar-refractivity contribution >= 4 is 11.4 Å². The highest BCUT2D eigenvalue weighted by Crippen LogP contribution is 2.32. The molecule has 0 aromatic carbocycles. The fourth-order valence-corrected chi connectivity index (χ4v) is 2.40. The summed E-state index contributed by atoms with van der Waals surface area (Å²) in [5.74, 6) is 0.235. The summed E-state index contributed by atoms with van der Waals surface area (Å²) in [6.45, 7) is 9.02. The fourth-order valence-electron chi connectivity index (χ4n) is 2.40. The number of rotatable bonds is 5. The molecule has 0 aliphatic carbocycles. The number of allylic oxidation sites excluding steroid dienone is 1. The molecular weight excluding hydrogens is 272 g/mol. The molecule has 0 amide bonds. The Kier molecular flexibility index (Phi) is 4.56. The van der Waals surface area contributed by atoms with Crippen molar-refractivity contribution in [2.45, 2.75) is 31.8 Å². The summed E-state index contributed by atoms with van der Waals surface area (Å²) in [5.41, 5.74) is 7.80. The molecule has 7 heteroatoms. The molecule has 1 aliphatic rings. The first-order valence-electron chi connectivity index (χ1n) is 6.61. The number of aliphatic imine (C=N–C) groups is 1. The van der Waals surface area contributed by atoms with Crippen molar-refractivity contribution in [2.24, 2.45) is 10.7 Å². The summed E-state index contributed by atoms with van der Waals surface area (Å²) in [5, 5.41) is 19.0. The minimum atomic E-state index is -0.719. The number of nitrogens with two attached hydrogens (primary N) is 1. The molecule has 7 nitrogen and oxygen atoms in total. The molecular formula is C14H20N4O3. The van der Waals surface area contributed by atoms with Crippen LogP contribution in [0.2, 0.25) is 0 Å². The van der Waals surface area contributed by atoms with Gasteiger partial charge in [0.25, 0.3) is 0 Å². The van der Waals surface area contributed by atoms with Crippen LogP contribution < -0.4 is 5.73 Å². The van der Waals surface area contributed by atoms with Crippen LogP contribution in [0.5, 0.6) is 0 Å². The minimum Gasteiger partial charge on any atom is -0.394 e. The van der Waals surface area contributed by atoms with Crippen molar-refractivity contribution in [3.8, 4) is 0 Å².